The van der Waals surface area contributed by atoms with Gasteiger partial charge in [-0.3, -0.25) is 0 Å². The predicted octanol–water partition coefficient (Wildman–Crippen LogP) is 4.99. The lowest BCUT2D eigenvalue weighted by Crippen LogP contribution is -2.08. The molecular formula is C14H12ClF3N2. The molecule has 0 atom stereocenters. The number of halogens is 4. The average molecular weight is 301 g/mol. The Kier molecular flexibility index (Phi) is 3.81. The quantitative estimate of drug-likeness (QED) is 0.767. The van der Waals surface area contributed by atoms with Crippen LogP contribution < -0.4 is 11.1 Å². The molecule has 0 saturated carbocycles. The van der Waals surface area contributed by atoms with Gasteiger partial charge in [-0.1, -0.05) is 17.7 Å². The smallest absolute Gasteiger partial charge is 0.397 e. The maximum Gasteiger partial charge on any atom is 0.416 e. The minimum absolute atomic E-state index is 0.169. The number of benzene rings is 2. The predicted molar refractivity (Wildman–Crippen MR) is 75.3 cm³/mol. The van der Waals surface area contributed by atoms with Crippen molar-refractivity contribution in [3.05, 3.63) is 52.5 Å². The lowest BCUT2D eigenvalue weighted by molar-refractivity contribution is -0.138. The summed E-state index contributed by atoms with van der Waals surface area (Å²) in [7, 11) is 0. The SMILES string of the molecule is Cc1ccc(Nc2cc(Cl)ccc2N)cc1C(F)(F)F. The second kappa shape index (κ2) is 5.25. The van der Waals surface area contributed by atoms with Crippen molar-refractivity contribution < 1.29 is 13.2 Å². The summed E-state index contributed by atoms with van der Waals surface area (Å²) in [6.45, 7) is 1.42. The number of nitrogen functional groups attached to an aromatic ring is 1. The van der Waals surface area contributed by atoms with Crippen molar-refractivity contribution >= 4 is 28.7 Å². The van der Waals surface area contributed by atoms with Gasteiger partial charge >= 0.3 is 6.18 Å². The molecule has 0 amide bonds. The summed E-state index contributed by atoms with van der Waals surface area (Å²) in [6.07, 6.45) is -4.39. The Morgan fingerprint density at radius 3 is 2.45 bits per heavy atom. The number of nitrogens with one attached hydrogen (secondary N) is 1. The Morgan fingerprint density at radius 1 is 1.10 bits per heavy atom. The monoisotopic (exact) mass is 300 g/mol. The Bertz CT molecular complexity index is 639. The zero-order chi connectivity index (χ0) is 14.9. The fourth-order valence-corrected chi connectivity index (χ4v) is 1.97. The molecule has 2 aromatic carbocycles. The van der Waals surface area contributed by atoms with Gasteiger partial charge in [-0.2, -0.15) is 13.2 Å². The van der Waals surface area contributed by atoms with Gasteiger partial charge in [0.25, 0.3) is 0 Å². The van der Waals surface area contributed by atoms with E-state index in [0.29, 0.717) is 22.1 Å². The van der Waals surface area contributed by atoms with Gasteiger partial charge in [-0.05, 0) is 42.8 Å². The van der Waals surface area contributed by atoms with Crippen molar-refractivity contribution in [2.24, 2.45) is 0 Å². The first kappa shape index (κ1) is 14.5. The van der Waals surface area contributed by atoms with Crippen LogP contribution in [0.3, 0.4) is 0 Å². The van der Waals surface area contributed by atoms with E-state index in [9.17, 15) is 13.2 Å². The molecule has 0 fully saturated rings. The van der Waals surface area contributed by atoms with Crippen molar-refractivity contribution in [3.8, 4) is 0 Å². The zero-order valence-electron chi connectivity index (χ0n) is 10.6. The number of hydrogen-bond donors (Lipinski definition) is 2. The number of rotatable bonds is 2. The van der Waals surface area contributed by atoms with Crippen molar-refractivity contribution in [1.29, 1.82) is 0 Å². The molecule has 0 heterocycles. The maximum atomic E-state index is 12.8. The van der Waals surface area contributed by atoms with E-state index in [4.69, 9.17) is 17.3 Å². The highest BCUT2D eigenvalue weighted by Gasteiger charge is 2.32. The van der Waals surface area contributed by atoms with Crippen molar-refractivity contribution in [3.63, 3.8) is 0 Å². The van der Waals surface area contributed by atoms with E-state index in [1.54, 1.807) is 24.3 Å². The molecule has 0 aliphatic carbocycles. The van der Waals surface area contributed by atoms with Crippen LogP contribution in [0, 0.1) is 6.92 Å². The highest BCUT2D eigenvalue weighted by atomic mass is 35.5. The second-order valence-electron chi connectivity index (χ2n) is 4.38. The number of anilines is 3. The van der Waals surface area contributed by atoms with Crippen LogP contribution in [-0.4, -0.2) is 0 Å². The van der Waals surface area contributed by atoms with E-state index in [1.807, 2.05) is 0 Å². The summed E-state index contributed by atoms with van der Waals surface area (Å²) in [6, 6.07) is 8.78. The van der Waals surface area contributed by atoms with E-state index < -0.39 is 11.7 Å². The van der Waals surface area contributed by atoms with E-state index in [-0.39, 0.29) is 5.56 Å². The number of hydrogen-bond acceptors (Lipinski definition) is 2. The van der Waals surface area contributed by atoms with Gasteiger partial charge in [0.2, 0.25) is 0 Å². The van der Waals surface area contributed by atoms with Crippen LogP contribution in [0.25, 0.3) is 0 Å². The summed E-state index contributed by atoms with van der Waals surface area (Å²) in [5, 5.41) is 3.29. The van der Waals surface area contributed by atoms with Crippen molar-refractivity contribution in [2.45, 2.75) is 13.1 Å². The molecule has 6 heteroatoms. The third-order valence-corrected chi connectivity index (χ3v) is 3.07. The molecule has 0 saturated heterocycles. The van der Waals surface area contributed by atoms with E-state index in [2.05, 4.69) is 5.32 Å². The topological polar surface area (TPSA) is 38.0 Å². The third-order valence-electron chi connectivity index (χ3n) is 2.84. The van der Waals surface area contributed by atoms with Crippen molar-refractivity contribution in [1.82, 2.24) is 0 Å². The van der Waals surface area contributed by atoms with Gasteiger partial charge in [0.05, 0.1) is 16.9 Å². The molecule has 2 rings (SSSR count). The number of alkyl halides is 3. The van der Waals surface area contributed by atoms with Gasteiger partial charge in [0, 0.05) is 10.7 Å². The van der Waals surface area contributed by atoms with Crippen LogP contribution in [0.5, 0.6) is 0 Å². The summed E-state index contributed by atoms with van der Waals surface area (Å²) in [4.78, 5) is 0. The molecule has 0 aromatic heterocycles. The lowest BCUT2D eigenvalue weighted by Gasteiger charge is -2.14. The molecule has 2 nitrogen and oxygen atoms in total. The first-order valence-electron chi connectivity index (χ1n) is 5.77. The van der Waals surface area contributed by atoms with E-state index in [1.165, 1.54) is 13.0 Å². The summed E-state index contributed by atoms with van der Waals surface area (Å²) >= 11 is 5.84. The second-order valence-corrected chi connectivity index (χ2v) is 4.82. The minimum Gasteiger partial charge on any atom is -0.397 e. The number of aryl methyl sites for hydroxylation is 1. The van der Waals surface area contributed by atoms with Crippen LogP contribution in [0.15, 0.2) is 36.4 Å². The molecule has 106 valence electrons. The van der Waals surface area contributed by atoms with Gasteiger partial charge in [0.1, 0.15) is 0 Å². The maximum absolute atomic E-state index is 12.8. The van der Waals surface area contributed by atoms with Crippen LogP contribution in [0.2, 0.25) is 5.02 Å². The van der Waals surface area contributed by atoms with Gasteiger partial charge in [-0.25, -0.2) is 0 Å². The van der Waals surface area contributed by atoms with Crippen molar-refractivity contribution in [2.75, 3.05) is 11.1 Å². The standard InChI is InChI=1S/C14H12ClF3N2/c1-8-2-4-10(7-11(8)14(16,17)18)20-13-6-9(15)3-5-12(13)19/h2-7,20H,19H2,1H3. The van der Waals surface area contributed by atoms with Crippen LogP contribution in [-0.2, 0) is 6.18 Å². The Hall–Kier alpha value is -1.88. The molecular weight excluding hydrogens is 289 g/mol. The van der Waals surface area contributed by atoms with Gasteiger partial charge in [-0.15, -0.1) is 0 Å². The minimum atomic E-state index is -4.39. The zero-order valence-corrected chi connectivity index (χ0v) is 11.3. The normalized spacial score (nSPS) is 11.4. The van der Waals surface area contributed by atoms with Gasteiger partial charge < -0.3 is 11.1 Å². The summed E-state index contributed by atoms with van der Waals surface area (Å²) in [5.41, 5.74) is 6.41. The van der Waals surface area contributed by atoms with E-state index >= 15 is 0 Å². The first-order valence-corrected chi connectivity index (χ1v) is 6.15. The largest absolute Gasteiger partial charge is 0.416 e. The van der Waals surface area contributed by atoms with Crippen LogP contribution >= 0.6 is 11.6 Å². The van der Waals surface area contributed by atoms with Crippen LogP contribution in [0.4, 0.5) is 30.2 Å². The molecule has 0 aliphatic rings. The summed E-state index contributed by atoms with van der Waals surface area (Å²) < 4.78 is 38.5. The first-order chi connectivity index (χ1) is 9.27. The Balaban J connectivity index is 2.37. The average Bonchev–Trinajstić information content (AvgIpc) is 2.35. The van der Waals surface area contributed by atoms with Crippen LogP contribution in [0.1, 0.15) is 11.1 Å². The Labute approximate surface area is 119 Å². The lowest BCUT2D eigenvalue weighted by atomic mass is 10.1. The molecule has 0 bridgehead atoms. The molecule has 0 spiro atoms. The van der Waals surface area contributed by atoms with Gasteiger partial charge in [0.15, 0.2) is 0 Å². The molecule has 3 N–H and O–H groups in total. The molecule has 2 aromatic rings. The molecule has 0 aliphatic heterocycles. The fourth-order valence-electron chi connectivity index (χ4n) is 1.80. The molecule has 20 heavy (non-hydrogen) atoms. The van der Waals surface area contributed by atoms with E-state index in [0.717, 1.165) is 6.07 Å². The summed E-state index contributed by atoms with van der Waals surface area (Å²) in [5.74, 6) is 0. The molecule has 0 unspecified atom stereocenters. The number of nitrogens with two attached hydrogens (primary N) is 1. The highest BCUT2D eigenvalue weighted by molar-refractivity contribution is 6.31. The fraction of sp³-hybridized carbons (Fsp3) is 0.143. The Morgan fingerprint density at radius 2 is 1.80 bits per heavy atom. The highest BCUT2D eigenvalue weighted by Crippen LogP contribution is 2.35. The molecule has 0 radical (unpaired) electrons. The third kappa shape index (κ3) is 3.17.